The van der Waals surface area contributed by atoms with E-state index in [9.17, 15) is 13.2 Å². The second kappa shape index (κ2) is 7.53. The van der Waals surface area contributed by atoms with Gasteiger partial charge in [0.25, 0.3) is 0 Å². The molecule has 130 valence electrons. The molecule has 0 saturated carbocycles. The number of hydrogen-bond donors (Lipinski definition) is 0. The van der Waals surface area contributed by atoms with Crippen molar-refractivity contribution < 1.29 is 17.6 Å². The molecule has 0 unspecified atom stereocenters. The summed E-state index contributed by atoms with van der Waals surface area (Å²) >= 11 is 3.13. The first-order valence-corrected chi connectivity index (χ1v) is 11.2. The normalized spacial score (nSPS) is 14.7. The van der Waals surface area contributed by atoms with Gasteiger partial charge in [0.15, 0.2) is 8.32 Å². The van der Waals surface area contributed by atoms with E-state index in [0.29, 0.717) is 0 Å². The monoisotopic (exact) mass is 408 g/mol. The van der Waals surface area contributed by atoms with E-state index in [1.807, 2.05) is 64.2 Å². The lowest BCUT2D eigenvalue weighted by atomic mass is 10.1. The zero-order chi connectivity index (χ0) is 17.9. The molecule has 0 aliphatic carbocycles. The number of hydrogen-bond acceptors (Lipinski definition) is 1. The van der Waals surface area contributed by atoms with E-state index in [2.05, 4.69) is 15.9 Å². The Kier molecular flexibility index (Phi) is 6.70. The van der Waals surface area contributed by atoms with Gasteiger partial charge in [0, 0.05) is 10.9 Å². The summed E-state index contributed by atoms with van der Waals surface area (Å²) in [6.45, 7) is 9.52. The Bertz CT molecular complexity index is 545. The maximum absolute atomic E-state index is 13.4. The predicted molar refractivity (Wildman–Crippen MR) is 95.3 cm³/mol. The number of benzene rings is 1. The van der Waals surface area contributed by atoms with Gasteiger partial charge in [-0.25, -0.2) is 0 Å². The Labute approximate surface area is 146 Å². The molecule has 0 bridgehead atoms. The molecular weight excluding hydrogens is 385 g/mol. The maximum atomic E-state index is 13.4. The highest BCUT2D eigenvalue weighted by atomic mass is 79.9. The van der Waals surface area contributed by atoms with Gasteiger partial charge in [-0.3, -0.25) is 0 Å². The highest BCUT2D eigenvalue weighted by molar-refractivity contribution is 9.11. The fraction of sp³-hybridized carbons (Fsp3) is 0.529. The van der Waals surface area contributed by atoms with Gasteiger partial charge < -0.3 is 4.43 Å². The second-order valence-electron chi connectivity index (χ2n) is 7.09. The van der Waals surface area contributed by atoms with Crippen LogP contribution in [0.25, 0.3) is 0 Å². The van der Waals surface area contributed by atoms with Crippen LogP contribution in [0.1, 0.15) is 26.3 Å². The first-order valence-electron chi connectivity index (χ1n) is 7.47. The molecule has 0 spiro atoms. The van der Waals surface area contributed by atoms with Gasteiger partial charge in [0.2, 0.25) is 0 Å². The van der Waals surface area contributed by atoms with Crippen molar-refractivity contribution in [3.05, 3.63) is 46.0 Å². The van der Waals surface area contributed by atoms with Crippen LogP contribution in [0.5, 0.6) is 0 Å². The molecular formula is C17H24BrF3OSi. The average Bonchev–Trinajstić information content (AvgIpc) is 2.36. The van der Waals surface area contributed by atoms with Crippen LogP contribution >= 0.6 is 15.9 Å². The van der Waals surface area contributed by atoms with Crippen LogP contribution in [-0.4, -0.2) is 21.1 Å². The molecule has 0 amide bonds. The smallest absolute Gasteiger partial charge is 0.413 e. The van der Waals surface area contributed by atoms with Crippen molar-refractivity contribution >= 4 is 24.2 Å². The number of allylic oxidation sites excluding steroid dienone is 1. The van der Waals surface area contributed by atoms with Crippen LogP contribution in [0.3, 0.4) is 0 Å². The minimum atomic E-state index is -4.41. The zero-order valence-corrected chi connectivity index (χ0v) is 16.8. The molecule has 0 atom stereocenters. The second-order valence-corrected chi connectivity index (χ2v) is 12.9. The Morgan fingerprint density at radius 3 is 2.04 bits per heavy atom. The van der Waals surface area contributed by atoms with Crippen LogP contribution in [0, 0.1) is 0 Å². The van der Waals surface area contributed by atoms with Gasteiger partial charge in [0.05, 0.1) is 12.2 Å². The molecule has 0 N–H and O–H groups in total. The fourth-order valence-electron chi connectivity index (χ4n) is 1.66. The molecule has 1 nitrogen and oxygen atoms in total. The number of halogens is 4. The van der Waals surface area contributed by atoms with E-state index in [-0.39, 0.29) is 15.9 Å². The molecule has 0 saturated heterocycles. The number of rotatable bonds is 5. The third-order valence-corrected chi connectivity index (χ3v) is 9.49. The predicted octanol–water partition coefficient (Wildman–Crippen LogP) is 6.46. The van der Waals surface area contributed by atoms with Gasteiger partial charge in [-0.15, -0.1) is 0 Å². The lowest BCUT2D eigenvalue weighted by Gasteiger charge is -2.36. The van der Waals surface area contributed by atoms with Crippen molar-refractivity contribution in [1.82, 2.24) is 0 Å². The summed E-state index contributed by atoms with van der Waals surface area (Å²) in [7, 11) is -2.24. The van der Waals surface area contributed by atoms with Crippen LogP contribution in [0.4, 0.5) is 13.2 Å². The van der Waals surface area contributed by atoms with E-state index < -0.39 is 26.7 Å². The third-order valence-electron chi connectivity index (χ3n) is 4.26. The van der Waals surface area contributed by atoms with Crippen molar-refractivity contribution in [2.75, 3.05) is 6.61 Å². The Morgan fingerprint density at radius 1 is 1.09 bits per heavy atom. The SMILES string of the molecule is CC(C)(C)[Si](C)(C)OC/C(=C(\Br)Cc1ccccc1)C(F)(F)F. The molecule has 6 heteroatoms. The van der Waals surface area contributed by atoms with Crippen LogP contribution < -0.4 is 0 Å². The van der Waals surface area contributed by atoms with E-state index in [0.717, 1.165) is 5.56 Å². The molecule has 0 aliphatic rings. The first kappa shape index (κ1) is 20.5. The maximum Gasteiger partial charge on any atom is 0.415 e. The minimum Gasteiger partial charge on any atom is -0.413 e. The summed E-state index contributed by atoms with van der Waals surface area (Å²) in [6.07, 6.45) is -4.20. The molecule has 1 rings (SSSR count). The van der Waals surface area contributed by atoms with Crippen LogP contribution in [0.15, 0.2) is 40.4 Å². The third kappa shape index (κ3) is 6.08. The van der Waals surface area contributed by atoms with Crippen molar-refractivity contribution in [2.24, 2.45) is 0 Å². The summed E-state index contributed by atoms with van der Waals surface area (Å²) in [6, 6.07) is 9.09. The molecule has 0 aliphatic heterocycles. The van der Waals surface area contributed by atoms with E-state index in [1.54, 1.807) is 0 Å². The summed E-state index contributed by atoms with van der Waals surface area (Å²) in [4.78, 5) is 0. The highest BCUT2D eigenvalue weighted by Gasteiger charge is 2.41. The summed E-state index contributed by atoms with van der Waals surface area (Å²) in [5.41, 5.74) is 0.194. The minimum absolute atomic E-state index is 0.129. The Balaban J connectivity index is 2.99. The quantitative estimate of drug-likeness (QED) is 0.507. The van der Waals surface area contributed by atoms with Gasteiger partial charge in [-0.1, -0.05) is 67.0 Å². The molecule has 1 aromatic rings. The van der Waals surface area contributed by atoms with Crippen molar-refractivity contribution in [3.63, 3.8) is 0 Å². The van der Waals surface area contributed by atoms with Gasteiger partial charge in [-0.2, -0.15) is 13.2 Å². The van der Waals surface area contributed by atoms with E-state index >= 15 is 0 Å². The molecule has 0 aromatic heterocycles. The van der Waals surface area contributed by atoms with Crippen molar-refractivity contribution in [3.8, 4) is 0 Å². The van der Waals surface area contributed by atoms with Gasteiger partial charge >= 0.3 is 6.18 Å². The van der Waals surface area contributed by atoms with Gasteiger partial charge in [0.1, 0.15) is 0 Å². The highest BCUT2D eigenvalue weighted by Crippen LogP contribution is 2.39. The van der Waals surface area contributed by atoms with Gasteiger partial charge in [-0.05, 0) is 23.7 Å². The molecule has 1 aromatic carbocycles. The van der Waals surface area contributed by atoms with E-state index in [4.69, 9.17) is 4.43 Å². The Hall–Kier alpha value is -0.593. The molecule has 0 fully saturated rings. The lowest BCUT2D eigenvalue weighted by Crippen LogP contribution is -2.42. The Morgan fingerprint density at radius 2 is 1.61 bits per heavy atom. The van der Waals surface area contributed by atoms with E-state index in [1.165, 1.54) is 0 Å². The summed E-state index contributed by atoms with van der Waals surface area (Å²) in [5, 5.41) is -0.129. The first-order chi connectivity index (χ1) is 10.3. The fourth-order valence-corrected chi connectivity index (χ4v) is 3.27. The average molecular weight is 409 g/mol. The topological polar surface area (TPSA) is 9.23 Å². The zero-order valence-electron chi connectivity index (χ0n) is 14.2. The molecule has 0 heterocycles. The summed E-state index contributed by atoms with van der Waals surface area (Å²) < 4.78 is 46.1. The molecule has 0 radical (unpaired) electrons. The van der Waals surface area contributed by atoms with Crippen LogP contribution in [0.2, 0.25) is 18.1 Å². The molecule has 23 heavy (non-hydrogen) atoms. The lowest BCUT2D eigenvalue weighted by molar-refractivity contribution is -0.0974. The number of alkyl halides is 3. The van der Waals surface area contributed by atoms with Crippen molar-refractivity contribution in [1.29, 1.82) is 0 Å². The van der Waals surface area contributed by atoms with Crippen LogP contribution in [-0.2, 0) is 10.8 Å². The van der Waals surface area contributed by atoms with Crippen molar-refractivity contribution in [2.45, 2.75) is 51.5 Å². The standard InChI is InChI=1S/C17H24BrF3OSi/c1-16(2,3)23(4,5)22-12-14(17(19,20)21)15(18)11-13-9-7-6-8-10-13/h6-10H,11-12H2,1-5H3/b15-14+. The largest absolute Gasteiger partial charge is 0.415 e. The summed E-state index contributed by atoms with van der Waals surface area (Å²) in [5.74, 6) is 0.